The molecule has 8 heteroatoms. The summed E-state index contributed by atoms with van der Waals surface area (Å²) in [6.07, 6.45) is 0.350. The largest absolute Gasteiger partial charge is 0.330 e. The first-order valence-electron chi connectivity index (χ1n) is 7.81. The summed E-state index contributed by atoms with van der Waals surface area (Å²) in [4.78, 5) is 12.0. The smallest absolute Gasteiger partial charge is 0.225 e. The van der Waals surface area contributed by atoms with Crippen LogP contribution in [0.2, 0.25) is 0 Å². The van der Waals surface area contributed by atoms with Gasteiger partial charge in [-0.3, -0.25) is 4.79 Å². The van der Waals surface area contributed by atoms with E-state index < -0.39 is 0 Å². The number of hydrogen-bond donors (Lipinski definition) is 2. The predicted molar refractivity (Wildman–Crippen MR) is 105 cm³/mol. The minimum absolute atomic E-state index is 0.0975. The van der Waals surface area contributed by atoms with Crippen LogP contribution >= 0.6 is 23.1 Å². The van der Waals surface area contributed by atoms with E-state index in [2.05, 4.69) is 20.8 Å². The Morgan fingerprint density at radius 3 is 2.73 bits per heavy atom. The third-order valence-corrected chi connectivity index (χ3v) is 5.24. The first-order chi connectivity index (χ1) is 12.7. The Labute approximate surface area is 159 Å². The zero-order valence-electron chi connectivity index (χ0n) is 13.7. The predicted octanol–water partition coefficient (Wildman–Crippen LogP) is 4.27. The van der Waals surface area contributed by atoms with Gasteiger partial charge < -0.3 is 10.6 Å². The summed E-state index contributed by atoms with van der Waals surface area (Å²) in [7, 11) is 0. The molecule has 6 nitrogen and oxygen atoms in total. The van der Waals surface area contributed by atoms with Gasteiger partial charge in [0, 0.05) is 23.5 Å². The van der Waals surface area contributed by atoms with Gasteiger partial charge in [0.25, 0.3) is 0 Å². The van der Waals surface area contributed by atoms with E-state index in [0.29, 0.717) is 23.4 Å². The maximum Gasteiger partial charge on any atom is 0.225 e. The number of benzene rings is 2. The first-order valence-corrected chi connectivity index (χ1v) is 9.61. The molecule has 1 aromatic heterocycles. The van der Waals surface area contributed by atoms with Crippen LogP contribution in [0.4, 0.5) is 16.5 Å². The van der Waals surface area contributed by atoms with Gasteiger partial charge in [0.1, 0.15) is 0 Å². The highest BCUT2D eigenvalue weighted by Crippen LogP contribution is 2.28. The normalized spacial score (nSPS) is 10.1. The number of nitriles is 1. The summed E-state index contributed by atoms with van der Waals surface area (Å²) in [6, 6.07) is 18.7. The minimum Gasteiger partial charge on any atom is -0.330 e. The second kappa shape index (κ2) is 8.99. The van der Waals surface area contributed by atoms with Crippen molar-refractivity contribution in [3.8, 4) is 6.07 Å². The summed E-state index contributed by atoms with van der Waals surface area (Å²) < 4.78 is 0.808. The van der Waals surface area contributed by atoms with Crippen molar-refractivity contribution in [2.24, 2.45) is 0 Å². The summed E-state index contributed by atoms with van der Waals surface area (Å²) >= 11 is 2.94. The van der Waals surface area contributed by atoms with Gasteiger partial charge in [0.15, 0.2) is 4.34 Å². The highest BCUT2D eigenvalue weighted by Gasteiger charge is 2.08. The average molecular weight is 381 g/mol. The number of carbonyl (C=O) groups is 1. The second-order valence-corrected chi connectivity index (χ2v) is 7.52. The molecular formula is C18H15N5OS2. The van der Waals surface area contributed by atoms with Gasteiger partial charge in [-0.2, -0.15) is 5.26 Å². The fourth-order valence-corrected chi connectivity index (χ4v) is 3.87. The zero-order valence-corrected chi connectivity index (χ0v) is 15.3. The van der Waals surface area contributed by atoms with Gasteiger partial charge in [0.05, 0.1) is 11.6 Å². The monoisotopic (exact) mass is 381 g/mol. The number of carbonyl (C=O) groups excluding carboxylic acids is 1. The molecule has 0 atom stereocenters. The van der Waals surface area contributed by atoms with Gasteiger partial charge in [-0.05, 0) is 30.3 Å². The lowest BCUT2D eigenvalue weighted by Gasteiger charge is -2.04. The summed E-state index contributed by atoms with van der Waals surface area (Å²) in [6.45, 7) is 0. The van der Waals surface area contributed by atoms with Gasteiger partial charge in [-0.25, -0.2) is 0 Å². The van der Waals surface area contributed by atoms with Crippen molar-refractivity contribution < 1.29 is 4.79 Å². The Bertz CT molecular complexity index is 921. The highest BCUT2D eigenvalue weighted by atomic mass is 32.2. The van der Waals surface area contributed by atoms with E-state index in [0.717, 1.165) is 15.2 Å². The molecule has 0 bridgehead atoms. The van der Waals surface area contributed by atoms with Crippen LogP contribution in [0.1, 0.15) is 12.0 Å². The highest BCUT2D eigenvalue weighted by molar-refractivity contribution is 8.01. The number of aromatic nitrogens is 2. The topological polar surface area (TPSA) is 90.7 Å². The molecule has 3 aromatic rings. The maximum atomic E-state index is 12.0. The molecule has 3 rings (SSSR count). The fraction of sp³-hybridized carbons (Fsp3) is 0.111. The Hall–Kier alpha value is -2.89. The van der Waals surface area contributed by atoms with Gasteiger partial charge in [-0.15, -0.1) is 10.2 Å². The number of anilines is 3. The van der Waals surface area contributed by atoms with Crippen LogP contribution in [0, 0.1) is 11.3 Å². The van der Waals surface area contributed by atoms with Gasteiger partial charge in [0.2, 0.25) is 11.0 Å². The third kappa shape index (κ3) is 5.31. The molecule has 0 spiro atoms. The molecule has 0 radical (unpaired) electrons. The van der Waals surface area contributed by atoms with Crippen LogP contribution < -0.4 is 10.6 Å². The molecule has 1 heterocycles. The molecular weight excluding hydrogens is 366 g/mol. The third-order valence-electron chi connectivity index (χ3n) is 3.26. The Morgan fingerprint density at radius 2 is 1.92 bits per heavy atom. The van der Waals surface area contributed by atoms with Crippen molar-refractivity contribution in [2.45, 2.75) is 10.8 Å². The van der Waals surface area contributed by atoms with E-state index >= 15 is 0 Å². The molecule has 0 aliphatic carbocycles. The molecule has 1 amide bonds. The van der Waals surface area contributed by atoms with Crippen LogP contribution in [0.25, 0.3) is 0 Å². The number of hydrogen-bond acceptors (Lipinski definition) is 7. The van der Waals surface area contributed by atoms with Crippen LogP contribution in [-0.2, 0) is 4.79 Å². The molecule has 0 aliphatic heterocycles. The molecule has 0 fully saturated rings. The van der Waals surface area contributed by atoms with Crippen molar-refractivity contribution in [2.75, 3.05) is 16.4 Å². The van der Waals surface area contributed by atoms with Crippen molar-refractivity contribution in [1.29, 1.82) is 5.26 Å². The Morgan fingerprint density at radius 1 is 1.12 bits per heavy atom. The Balaban J connectivity index is 1.44. The van der Waals surface area contributed by atoms with E-state index in [1.54, 1.807) is 24.3 Å². The van der Waals surface area contributed by atoms with Crippen molar-refractivity contribution >= 4 is 45.5 Å². The maximum absolute atomic E-state index is 12.0. The summed E-state index contributed by atoms with van der Waals surface area (Å²) in [5.74, 6) is 0.503. The molecule has 0 unspecified atom stereocenters. The van der Waals surface area contributed by atoms with Crippen LogP contribution in [0.3, 0.4) is 0 Å². The van der Waals surface area contributed by atoms with E-state index in [-0.39, 0.29) is 5.91 Å². The van der Waals surface area contributed by atoms with Gasteiger partial charge >= 0.3 is 0 Å². The molecule has 0 saturated heterocycles. The second-order valence-electron chi connectivity index (χ2n) is 5.20. The molecule has 130 valence electrons. The Kier molecular flexibility index (Phi) is 6.19. The van der Waals surface area contributed by atoms with Crippen molar-refractivity contribution in [3.63, 3.8) is 0 Å². The van der Waals surface area contributed by atoms with E-state index in [9.17, 15) is 4.79 Å². The number of nitrogens with zero attached hydrogens (tertiary/aromatic N) is 3. The standard InChI is InChI=1S/C18H15N5OS2/c19-12-13-5-4-8-15(11-13)20-16(24)9-10-25-18-23-22-17(26-18)21-14-6-2-1-3-7-14/h1-8,11H,9-10H2,(H,20,24)(H,21,22). The molecule has 2 N–H and O–H groups in total. The molecule has 26 heavy (non-hydrogen) atoms. The zero-order chi connectivity index (χ0) is 18.2. The number of para-hydroxylation sites is 1. The SMILES string of the molecule is N#Cc1cccc(NC(=O)CCSc2nnc(Nc3ccccc3)s2)c1. The van der Waals surface area contributed by atoms with E-state index in [1.807, 2.05) is 36.4 Å². The fourth-order valence-electron chi connectivity index (χ4n) is 2.08. The van der Waals surface area contributed by atoms with Crippen molar-refractivity contribution in [3.05, 3.63) is 60.2 Å². The van der Waals surface area contributed by atoms with Crippen LogP contribution in [0.5, 0.6) is 0 Å². The lowest BCUT2D eigenvalue weighted by atomic mass is 10.2. The number of amides is 1. The summed E-state index contributed by atoms with van der Waals surface area (Å²) in [5.41, 5.74) is 2.10. The van der Waals surface area contributed by atoms with E-state index in [4.69, 9.17) is 5.26 Å². The molecule has 0 saturated carbocycles. The van der Waals surface area contributed by atoms with Crippen molar-refractivity contribution in [1.82, 2.24) is 10.2 Å². The first kappa shape index (κ1) is 17.9. The van der Waals surface area contributed by atoms with Crippen LogP contribution in [0.15, 0.2) is 58.9 Å². The lowest BCUT2D eigenvalue weighted by molar-refractivity contribution is -0.115. The minimum atomic E-state index is -0.0975. The lowest BCUT2D eigenvalue weighted by Crippen LogP contribution is -2.12. The number of rotatable bonds is 7. The van der Waals surface area contributed by atoms with Gasteiger partial charge in [-0.1, -0.05) is 47.4 Å². The number of thioether (sulfide) groups is 1. The molecule has 2 aromatic carbocycles. The summed E-state index contributed by atoms with van der Waals surface area (Å²) in [5, 5.41) is 23.8. The van der Waals surface area contributed by atoms with E-state index in [1.165, 1.54) is 23.1 Å². The number of nitrogens with one attached hydrogen (secondary N) is 2. The molecule has 0 aliphatic rings. The average Bonchev–Trinajstić information content (AvgIpc) is 3.10. The van der Waals surface area contributed by atoms with Crippen LogP contribution in [-0.4, -0.2) is 21.9 Å². The quantitative estimate of drug-likeness (QED) is 0.594.